The van der Waals surface area contributed by atoms with Gasteiger partial charge in [-0.25, -0.2) is 9.59 Å². The van der Waals surface area contributed by atoms with Crippen molar-refractivity contribution in [3.05, 3.63) is 134 Å². The molecule has 4 rings (SSSR count). The van der Waals surface area contributed by atoms with Crippen molar-refractivity contribution in [2.45, 2.75) is 51.6 Å². The fourth-order valence-corrected chi connectivity index (χ4v) is 6.11. The number of hydrogen-bond donors (Lipinski definition) is 1. The minimum Gasteiger partial charge on any atom is -0.466 e. The number of nitrogens with zero attached hydrogens (tertiary/aromatic N) is 2. The van der Waals surface area contributed by atoms with Crippen molar-refractivity contribution in [3.8, 4) is 0 Å². The average molecular weight is 819 g/mol. The van der Waals surface area contributed by atoms with Gasteiger partial charge in [-0.3, -0.25) is 10.1 Å². The number of allylic oxidation sites excluding steroid dienone is 2. The van der Waals surface area contributed by atoms with Crippen LogP contribution in [0.4, 0.5) is 5.69 Å². The number of esters is 2. The van der Waals surface area contributed by atoms with Crippen LogP contribution in [0.15, 0.2) is 107 Å². The van der Waals surface area contributed by atoms with Crippen LogP contribution < -0.4 is 5.32 Å². The Morgan fingerprint density at radius 1 is 0.913 bits per heavy atom. The number of nitro benzene ring substituents is 1. The maximum Gasteiger partial charge on any atom is 4.00 e. The second-order valence-electron chi connectivity index (χ2n) is 12.0. The number of rotatable bonds is 12. The number of nitrogens with one attached hydrogen (secondary N) is 1. The molecule has 0 aromatic heterocycles. The number of non-ortho nitro benzene ring substituents is 1. The second-order valence-corrected chi connectivity index (χ2v) is 12.0. The van der Waals surface area contributed by atoms with Gasteiger partial charge in [0, 0.05) is 36.0 Å². The fraction of sp³-hybridized carbons (Fsp3) is 0.333. The van der Waals surface area contributed by atoms with Crippen molar-refractivity contribution in [3.63, 3.8) is 0 Å². The van der Waals surface area contributed by atoms with E-state index in [0.717, 1.165) is 13.0 Å². The van der Waals surface area contributed by atoms with E-state index in [4.69, 9.17) is 9.47 Å². The number of hydrogen-bond acceptors (Lipinski definition) is 8. The van der Waals surface area contributed by atoms with E-state index in [-0.39, 0.29) is 50.1 Å². The number of ether oxygens (including phenoxy) is 2. The predicted molar refractivity (Wildman–Crippen MR) is 179 cm³/mol. The van der Waals surface area contributed by atoms with Crippen LogP contribution in [-0.4, -0.2) is 81.9 Å². The van der Waals surface area contributed by atoms with Crippen LogP contribution in [-0.2, 0) is 19.1 Å². The molecule has 3 aromatic rings. The first-order valence-electron chi connectivity index (χ1n) is 14.9. The second kappa shape index (κ2) is 16.1. The Labute approximate surface area is 291 Å². The molecule has 1 N–H and O–H groups in total. The minimum atomic E-state index is -0.919. The Hall–Kier alpha value is -3.84. The molecule has 0 radical (unpaired) electrons. The molecule has 0 bridgehead atoms. The summed E-state index contributed by atoms with van der Waals surface area (Å²) in [6.07, 6.45) is 0.865. The van der Waals surface area contributed by atoms with Crippen LogP contribution in [0.3, 0.4) is 0 Å². The molecule has 0 fully saturated rings. The van der Waals surface area contributed by atoms with E-state index in [1.165, 1.54) is 36.4 Å². The SMILES string of the molecule is COC(=O)C1=C(C)NC(C)=C(C(=O)OC(C)(C)CN(C)CCC(c2ccccc2)c2ccccc2)C1c1cccc([N+](=O)[O-])c1.[Pb+4]. The summed E-state index contributed by atoms with van der Waals surface area (Å²) < 4.78 is 11.2. The van der Waals surface area contributed by atoms with Gasteiger partial charge in [0.05, 0.1) is 29.1 Å². The van der Waals surface area contributed by atoms with Crippen LogP contribution in [0.2, 0.25) is 0 Å². The maximum absolute atomic E-state index is 14.0. The van der Waals surface area contributed by atoms with Gasteiger partial charge in [0.1, 0.15) is 5.60 Å². The first-order valence-corrected chi connectivity index (χ1v) is 14.9. The number of likely N-dealkylation sites (N-methyl/N-ethyl adjacent to an activating group) is 1. The molecule has 0 aliphatic carbocycles. The van der Waals surface area contributed by atoms with Crippen LogP contribution in [0, 0.1) is 10.1 Å². The number of methoxy groups -OCH3 is 1. The van der Waals surface area contributed by atoms with E-state index >= 15 is 0 Å². The monoisotopic (exact) mass is 819 g/mol. The molecule has 10 heteroatoms. The van der Waals surface area contributed by atoms with Gasteiger partial charge < -0.3 is 19.7 Å². The van der Waals surface area contributed by atoms with E-state index in [1.807, 2.05) is 33.0 Å². The average Bonchev–Trinajstić information content (AvgIpc) is 3.01. The summed E-state index contributed by atoms with van der Waals surface area (Å²) >= 11 is 0. The van der Waals surface area contributed by atoms with Crippen molar-refractivity contribution >= 4 is 44.9 Å². The Kier molecular flexibility index (Phi) is 12.8. The summed E-state index contributed by atoms with van der Waals surface area (Å²) in [4.78, 5) is 40.2. The summed E-state index contributed by atoms with van der Waals surface area (Å²) in [7, 11) is 3.26. The number of benzene rings is 3. The van der Waals surface area contributed by atoms with Crippen LogP contribution >= 0.6 is 0 Å². The third-order valence-electron chi connectivity index (χ3n) is 8.02. The predicted octanol–water partition coefficient (Wildman–Crippen LogP) is 6.10. The van der Waals surface area contributed by atoms with Crippen molar-refractivity contribution in [1.82, 2.24) is 10.2 Å². The molecule has 0 saturated heterocycles. The van der Waals surface area contributed by atoms with E-state index < -0.39 is 28.4 Å². The number of carbonyl (C=O) groups is 2. The van der Waals surface area contributed by atoms with Crippen LogP contribution in [0.5, 0.6) is 0 Å². The molecule has 0 spiro atoms. The first kappa shape index (κ1) is 36.6. The Bertz CT molecular complexity index is 1560. The van der Waals surface area contributed by atoms with E-state index in [9.17, 15) is 19.7 Å². The molecular formula is C36H41N3O6Pb+4. The summed E-state index contributed by atoms with van der Waals surface area (Å²) in [5.41, 5.74) is 3.24. The first-order chi connectivity index (χ1) is 21.4. The minimum absolute atomic E-state index is 0. The summed E-state index contributed by atoms with van der Waals surface area (Å²) in [5, 5.41) is 14.7. The molecule has 1 aliphatic rings. The molecule has 1 heterocycles. The fourth-order valence-electron chi connectivity index (χ4n) is 6.11. The van der Waals surface area contributed by atoms with Crippen LogP contribution in [0.25, 0.3) is 0 Å². The van der Waals surface area contributed by atoms with Crippen molar-refractivity contribution in [2.24, 2.45) is 0 Å². The molecule has 9 nitrogen and oxygen atoms in total. The van der Waals surface area contributed by atoms with Crippen LogP contribution in [0.1, 0.15) is 62.6 Å². The Morgan fingerprint density at radius 2 is 1.46 bits per heavy atom. The molecule has 0 saturated carbocycles. The Morgan fingerprint density at radius 3 is 1.98 bits per heavy atom. The molecule has 1 unspecified atom stereocenters. The maximum atomic E-state index is 14.0. The summed E-state index contributed by atoms with van der Waals surface area (Å²) in [6, 6.07) is 26.8. The number of carbonyl (C=O) groups excluding carboxylic acids is 2. The molecule has 1 atom stereocenters. The largest absolute Gasteiger partial charge is 4.00 e. The van der Waals surface area contributed by atoms with Gasteiger partial charge in [-0.15, -0.1) is 0 Å². The zero-order valence-corrected chi connectivity index (χ0v) is 31.1. The molecule has 0 amide bonds. The quantitative estimate of drug-likeness (QED) is 0.101. The van der Waals surface area contributed by atoms with E-state index in [0.29, 0.717) is 23.5 Å². The van der Waals surface area contributed by atoms with Gasteiger partial charge >= 0.3 is 39.2 Å². The molecule has 3 aromatic carbocycles. The number of dihydropyridines is 1. The number of nitro groups is 1. The van der Waals surface area contributed by atoms with Gasteiger partial charge in [-0.05, 0) is 64.4 Å². The molecule has 236 valence electrons. The molecule has 1 aliphatic heterocycles. The standard InChI is InChI=1S/C36H41N3O6.Pb/c1-24-31(34(40)44-6)33(28-18-13-19-29(22-28)39(42)43)32(25(2)37-24)35(41)45-36(3,4)23-38(5)21-20-30(26-14-9-7-10-15-26)27-16-11-8-12-17-27;/h7-19,22,30,33,37H,20-21,23H2,1-6H3;/q;+4. The van der Waals surface area contributed by atoms with E-state index in [1.54, 1.807) is 19.9 Å². The van der Waals surface area contributed by atoms with Crippen molar-refractivity contribution in [1.29, 1.82) is 0 Å². The molecular weight excluding hydrogens is 778 g/mol. The van der Waals surface area contributed by atoms with Gasteiger partial charge in [0.25, 0.3) is 5.69 Å². The molecule has 46 heavy (non-hydrogen) atoms. The third-order valence-corrected chi connectivity index (χ3v) is 8.02. The summed E-state index contributed by atoms with van der Waals surface area (Å²) in [6.45, 7) is 8.34. The van der Waals surface area contributed by atoms with Gasteiger partial charge in [-0.1, -0.05) is 72.8 Å². The van der Waals surface area contributed by atoms with E-state index in [2.05, 4.69) is 58.7 Å². The normalized spacial score (nSPS) is 14.9. The summed E-state index contributed by atoms with van der Waals surface area (Å²) in [5.74, 6) is -1.96. The zero-order chi connectivity index (χ0) is 32.7. The van der Waals surface area contributed by atoms with Crippen molar-refractivity contribution in [2.75, 3.05) is 27.2 Å². The van der Waals surface area contributed by atoms with Crippen molar-refractivity contribution < 1.29 is 24.0 Å². The smallest absolute Gasteiger partial charge is 0.466 e. The topological polar surface area (TPSA) is 111 Å². The van der Waals surface area contributed by atoms with Gasteiger partial charge in [0.15, 0.2) is 0 Å². The van der Waals surface area contributed by atoms with Gasteiger partial charge in [0.2, 0.25) is 0 Å². The third kappa shape index (κ3) is 8.91. The van der Waals surface area contributed by atoms with Gasteiger partial charge in [-0.2, -0.15) is 0 Å². The Balaban J connectivity index is 0.00000576. The zero-order valence-electron chi connectivity index (χ0n) is 27.2.